The molecule has 7 nitrogen and oxygen atoms in total. The topological polar surface area (TPSA) is 103 Å². The van der Waals surface area contributed by atoms with Gasteiger partial charge in [-0.1, -0.05) is 48.2 Å². The van der Waals surface area contributed by atoms with Crippen molar-refractivity contribution in [2.45, 2.75) is 36.7 Å². The molecule has 9 heteroatoms. The van der Waals surface area contributed by atoms with E-state index in [4.69, 9.17) is 5.73 Å². The Morgan fingerprint density at radius 3 is 2.68 bits per heavy atom. The van der Waals surface area contributed by atoms with Crippen molar-refractivity contribution in [2.75, 3.05) is 0 Å². The van der Waals surface area contributed by atoms with Gasteiger partial charge in [-0.3, -0.25) is 10.1 Å². The predicted molar refractivity (Wildman–Crippen MR) is 110 cm³/mol. The lowest BCUT2D eigenvalue weighted by Gasteiger charge is -2.13. The third-order valence-corrected chi connectivity index (χ3v) is 6.03. The smallest absolute Gasteiger partial charge is 0.318 e. The van der Waals surface area contributed by atoms with Gasteiger partial charge in [0, 0.05) is 17.8 Å². The van der Waals surface area contributed by atoms with Gasteiger partial charge in [0.15, 0.2) is 5.16 Å². The van der Waals surface area contributed by atoms with E-state index >= 15 is 0 Å². The number of carbonyl (C=O) groups is 2. The van der Waals surface area contributed by atoms with Crippen molar-refractivity contribution in [3.8, 4) is 0 Å². The molecule has 0 bridgehead atoms. The molecule has 1 unspecified atom stereocenters. The highest BCUT2D eigenvalue weighted by Crippen LogP contribution is 2.24. The number of benzene rings is 1. The number of nitrogens with zero attached hydrogens (tertiary/aromatic N) is 3. The second kappa shape index (κ2) is 9.52. The van der Waals surface area contributed by atoms with Crippen LogP contribution in [0, 0.1) is 0 Å². The summed E-state index contributed by atoms with van der Waals surface area (Å²) >= 11 is 2.93. The Bertz CT molecular complexity index is 925. The van der Waals surface area contributed by atoms with Crippen LogP contribution in [-0.2, 0) is 24.2 Å². The molecule has 1 aromatic carbocycles. The van der Waals surface area contributed by atoms with Gasteiger partial charge in [0.05, 0.1) is 5.25 Å². The average Bonchev–Trinajstić information content (AvgIpc) is 3.31. The summed E-state index contributed by atoms with van der Waals surface area (Å²) in [5, 5.41) is 12.9. The number of hydrogen-bond donors (Lipinski definition) is 2. The largest absolute Gasteiger partial charge is 0.351 e. The van der Waals surface area contributed by atoms with E-state index in [1.807, 2.05) is 34.2 Å². The molecule has 3 aromatic rings. The third-order valence-electron chi connectivity index (χ3n) is 4.07. The van der Waals surface area contributed by atoms with Gasteiger partial charge >= 0.3 is 6.03 Å². The lowest BCUT2D eigenvalue weighted by molar-refractivity contribution is -0.119. The molecule has 0 spiro atoms. The summed E-state index contributed by atoms with van der Waals surface area (Å²) in [7, 11) is 0. The van der Waals surface area contributed by atoms with Crippen LogP contribution < -0.4 is 11.1 Å². The molecule has 3 rings (SSSR count). The molecule has 0 saturated heterocycles. The fourth-order valence-electron chi connectivity index (χ4n) is 2.65. The molecular weight excluding hydrogens is 394 g/mol. The van der Waals surface area contributed by atoms with Crippen molar-refractivity contribution in [3.63, 3.8) is 0 Å². The minimum Gasteiger partial charge on any atom is -0.351 e. The molecule has 0 aliphatic carbocycles. The van der Waals surface area contributed by atoms with Crippen molar-refractivity contribution in [3.05, 3.63) is 64.1 Å². The Balaban J connectivity index is 1.78. The predicted octanol–water partition coefficient (Wildman–Crippen LogP) is 2.85. The van der Waals surface area contributed by atoms with Gasteiger partial charge in [-0.15, -0.1) is 21.5 Å². The van der Waals surface area contributed by atoms with Crippen LogP contribution in [0.1, 0.15) is 23.2 Å². The van der Waals surface area contributed by atoms with E-state index in [0.29, 0.717) is 18.1 Å². The number of urea groups is 1. The average molecular weight is 416 g/mol. The summed E-state index contributed by atoms with van der Waals surface area (Å²) in [4.78, 5) is 24.1. The number of thioether (sulfide) groups is 1. The second-order valence-corrected chi connectivity index (χ2v) is 8.50. The summed E-state index contributed by atoms with van der Waals surface area (Å²) in [5.41, 5.74) is 6.25. The van der Waals surface area contributed by atoms with Gasteiger partial charge in [-0.05, 0) is 30.4 Å². The molecule has 28 heavy (non-hydrogen) atoms. The Labute approximate surface area is 171 Å². The summed E-state index contributed by atoms with van der Waals surface area (Å²) in [6.45, 7) is 2.41. The zero-order valence-electron chi connectivity index (χ0n) is 15.4. The molecule has 146 valence electrons. The maximum Gasteiger partial charge on any atom is 0.318 e. The Hall–Kier alpha value is -2.65. The first kappa shape index (κ1) is 20.1. The number of aromatic nitrogens is 3. The van der Waals surface area contributed by atoms with E-state index in [-0.39, 0.29) is 0 Å². The van der Waals surface area contributed by atoms with Crippen LogP contribution in [0.15, 0.2) is 53.0 Å². The highest BCUT2D eigenvalue weighted by molar-refractivity contribution is 8.00. The van der Waals surface area contributed by atoms with Crippen molar-refractivity contribution in [1.82, 2.24) is 20.1 Å². The number of aryl methyl sites for hydroxylation is 1. The molecular formula is C19H21N5O2S2. The van der Waals surface area contributed by atoms with Crippen molar-refractivity contribution >= 4 is 35.0 Å². The van der Waals surface area contributed by atoms with Crippen LogP contribution in [0.2, 0.25) is 0 Å². The minimum atomic E-state index is -0.860. The van der Waals surface area contributed by atoms with Gasteiger partial charge in [-0.25, -0.2) is 4.79 Å². The zero-order chi connectivity index (χ0) is 19.9. The number of thiophene rings is 1. The number of nitrogens with two attached hydrogens (primary N) is 1. The molecule has 0 aliphatic rings. The van der Waals surface area contributed by atoms with E-state index in [2.05, 4.69) is 33.7 Å². The van der Waals surface area contributed by atoms with Crippen LogP contribution >= 0.6 is 23.1 Å². The number of rotatable bonds is 8. The summed E-state index contributed by atoms with van der Waals surface area (Å²) < 4.78 is 2.05. The van der Waals surface area contributed by atoms with Gasteiger partial charge < -0.3 is 10.3 Å². The molecule has 3 amide bonds. The van der Waals surface area contributed by atoms with E-state index in [1.54, 1.807) is 18.3 Å². The lowest BCUT2D eigenvalue weighted by Crippen LogP contribution is -2.39. The fourth-order valence-corrected chi connectivity index (χ4v) is 4.25. The van der Waals surface area contributed by atoms with Crippen LogP contribution in [0.5, 0.6) is 0 Å². The Morgan fingerprint density at radius 1 is 1.21 bits per heavy atom. The van der Waals surface area contributed by atoms with E-state index in [0.717, 1.165) is 12.2 Å². The summed E-state index contributed by atoms with van der Waals surface area (Å²) in [6.07, 6.45) is 1.51. The van der Waals surface area contributed by atoms with E-state index in [9.17, 15) is 9.59 Å². The van der Waals surface area contributed by atoms with Crippen LogP contribution in [0.25, 0.3) is 0 Å². The molecule has 3 N–H and O–H groups in total. The maximum atomic E-state index is 12.0. The minimum absolute atomic E-state index is 0.449. The highest BCUT2D eigenvalue weighted by atomic mass is 32.2. The van der Waals surface area contributed by atoms with Crippen molar-refractivity contribution < 1.29 is 9.59 Å². The third kappa shape index (κ3) is 5.43. The number of imide groups is 1. The standard InChI is InChI=1S/C19H21N5O2S2/c1-13(17(25)21-18(20)26)28-19-23-22-16(12-15-8-5-11-27-15)24(19)10-9-14-6-3-2-4-7-14/h2-8,11,13H,9-10,12H2,1H3,(H3,20,21,25,26). The van der Waals surface area contributed by atoms with Gasteiger partial charge in [0.1, 0.15) is 5.82 Å². The molecule has 1 atom stereocenters. The Morgan fingerprint density at radius 2 is 2.00 bits per heavy atom. The van der Waals surface area contributed by atoms with Gasteiger partial charge in [0.2, 0.25) is 5.91 Å². The first-order valence-corrected chi connectivity index (χ1v) is 10.5. The number of hydrogen-bond acceptors (Lipinski definition) is 6. The molecule has 0 fully saturated rings. The molecule has 0 radical (unpaired) electrons. The van der Waals surface area contributed by atoms with E-state index in [1.165, 1.54) is 22.2 Å². The number of nitrogens with one attached hydrogen (secondary N) is 1. The van der Waals surface area contributed by atoms with Gasteiger partial charge in [-0.2, -0.15) is 0 Å². The maximum absolute atomic E-state index is 12.0. The molecule has 0 saturated carbocycles. The first-order chi connectivity index (χ1) is 13.5. The molecule has 2 aromatic heterocycles. The molecule has 2 heterocycles. The normalized spacial score (nSPS) is 11.9. The monoisotopic (exact) mass is 415 g/mol. The van der Waals surface area contributed by atoms with Crippen molar-refractivity contribution in [2.24, 2.45) is 5.73 Å². The summed E-state index contributed by atoms with van der Waals surface area (Å²) in [6, 6.07) is 13.4. The lowest BCUT2D eigenvalue weighted by atomic mass is 10.1. The van der Waals surface area contributed by atoms with Gasteiger partial charge in [0.25, 0.3) is 0 Å². The number of amides is 3. The van der Waals surface area contributed by atoms with Crippen LogP contribution in [0.4, 0.5) is 4.79 Å². The fraction of sp³-hybridized carbons (Fsp3) is 0.263. The van der Waals surface area contributed by atoms with Crippen LogP contribution in [-0.4, -0.2) is 32.0 Å². The highest BCUT2D eigenvalue weighted by Gasteiger charge is 2.21. The van der Waals surface area contributed by atoms with Crippen molar-refractivity contribution in [1.29, 1.82) is 0 Å². The SMILES string of the molecule is CC(Sc1nnc(Cc2cccs2)n1CCc1ccccc1)C(=O)NC(N)=O. The number of carbonyl (C=O) groups excluding carboxylic acids is 2. The van der Waals surface area contributed by atoms with Crippen LogP contribution in [0.3, 0.4) is 0 Å². The number of primary amides is 1. The Kier molecular flexibility index (Phi) is 6.83. The summed E-state index contributed by atoms with van der Waals surface area (Å²) in [5.74, 6) is 0.401. The van der Waals surface area contributed by atoms with E-state index < -0.39 is 17.2 Å². The zero-order valence-corrected chi connectivity index (χ0v) is 17.0. The molecule has 0 aliphatic heterocycles. The quantitative estimate of drug-likeness (QED) is 0.551. The second-order valence-electron chi connectivity index (χ2n) is 6.16. The first-order valence-electron chi connectivity index (χ1n) is 8.78.